The number of amides is 1. The second kappa shape index (κ2) is 8.63. The summed E-state index contributed by atoms with van der Waals surface area (Å²) >= 11 is 6.17. The Kier molecular flexibility index (Phi) is 6.20. The average Bonchev–Trinajstić information content (AvgIpc) is 2.71. The van der Waals surface area contributed by atoms with Crippen molar-refractivity contribution < 1.29 is 17.6 Å². The molecular formula is C21H18ClFN2O3S. The lowest BCUT2D eigenvalue weighted by atomic mass is 10.2. The SMILES string of the molecule is Cc1c(Cl)cccc1N(CC(=O)Nc1ccccc1F)S(=O)(=O)c1ccccc1. The first-order valence-electron chi connectivity index (χ1n) is 8.68. The quantitative estimate of drug-likeness (QED) is 0.618. The second-order valence-corrected chi connectivity index (χ2v) is 8.51. The van der Waals surface area contributed by atoms with Crippen LogP contribution in [0.2, 0.25) is 5.02 Å². The maximum absolute atomic E-state index is 13.9. The van der Waals surface area contributed by atoms with Crippen molar-refractivity contribution in [2.75, 3.05) is 16.2 Å². The van der Waals surface area contributed by atoms with Gasteiger partial charge in [0.05, 0.1) is 16.3 Å². The molecule has 1 N–H and O–H groups in total. The van der Waals surface area contributed by atoms with Crippen molar-refractivity contribution >= 4 is 38.9 Å². The van der Waals surface area contributed by atoms with Gasteiger partial charge in [-0.2, -0.15) is 0 Å². The molecule has 3 rings (SSSR count). The lowest BCUT2D eigenvalue weighted by Crippen LogP contribution is -2.38. The number of hydrogen-bond donors (Lipinski definition) is 1. The molecule has 0 saturated carbocycles. The Hall–Kier alpha value is -2.90. The predicted molar refractivity (Wildman–Crippen MR) is 112 cm³/mol. The zero-order chi connectivity index (χ0) is 21.0. The minimum Gasteiger partial charge on any atom is -0.322 e. The average molecular weight is 433 g/mol. The molecule has 0 aliphatic rings. The van der Waals surface area contributed by atoms with Crippen molar-refractivity contribution in [3.8, 4) is 0 Å². The molecule has 0 aromatic heterocycles. The van der Waals surface area contributed by atoms with Crippen LogP contribution in [0.25, 0.3) is 0 Å². The molecule has 0 heterocycles. The summed E-state index contributed by atoms with van der Waals surface area (Å²) in [6.07, 6.45) is 0. The van der Waals surface area contributed by atoms with Crippen LogP contribution in [0, 0.1) is 12.7 Å². The van der Waals surface area contributed by atoms with Crippen molar-refractivity contribution in [3.05, 3.63) is 89.2 Å². The molecular weight excluding hydrogens is 415 g/mol. The van der Waals surface area contributed by atoms with E-state index in [1.54, 1.807) is 49.4 Å². The molecule has 3 aromatic carbocycles. The van der Waals surface area contributed by atoms with Gasteiger partial charge in [-0.3, -0.25) is 9.10 Å². The number of para-hydroxylation sites is 1. The van der Waals surface area contributed by atoms with E-state index in [2.05, 4.69) is 5.32 Å². The van der Waals surface area contributed by atoms with E-state index in [1.165, 1.54) is 30.3 Å². The standard InChI is InChI=1S/C21H18ClFN2O3S/c1-15-17(22)10-7-13-20(15)25(29(27,28)16-8-3-2-4-9-16)14-21(26)24-19-12-6-5-11-18(19)23/h2-13H,14H2,1H3,(H,24,26). The van der Waals surface area contributed by atoms with E-state index in [9.17, 15) is 17.6 Å². The number of benzene rings is 3. The van der Waals surface area contributed by atoms with Gasteiger partial charge in [0.2, 0.25) is 5.91 Å². The van der Waals surface area contributed by atoms with Crippen molar-refractivity contribution in [2.45, 2.75) is 11.8 Å². The largest absolute Gasteiger partial charge is 0.322 e. The summed E-state index contributed by atoms with van der Waals surface area (Å²) in [5.41, 5.74) is 0.745. The van der Waals surface area contributed by atoms with Gasteiger partial charge in [-0.05, 0) is 48.9 Å². The second-order valence-electron chi connectivity index (χ2n) is 6.24. The smallest absolute Gasteiger partial charge is 0.264 e. The molecule has 3 aromatic rings. The Labute approximate surface area is 173 Å². The number of halogens is 2. The van der Waals surface area contributed by atoms with E-state index < -0.39 is 28.3 Å². The Balaban J connectivity index is 2.01. The monoisotopic (exact) mass is 432 g/mol. The first kappa shape index (κ1) is 20.8. The minimum atomic E-state index is -4.07. The topological polar surface area (TPSA) is 66.5 Å². The maximum Gasteiger partial charge on any atom is 0.264 e. The van der Waals surface area contributed by atoms with Gasteiger partial charge in [0, 0.05) is 5.02 Å². The molecule has 29 heavy (non-hydrogen) atoms. The fourth-order valence-electron chi connectivity index (χ4n) is 2.77. The molecule has 0 saturated heterocycles. The molecule has 0 spiro atoms. The number of rotatable bonds is 6. The van der Waals surface area contributed by atoms with E-state index in [1.807, 2.05) is 0 Å². The lowest BCUT2D eigenvalue weighted by molar-refractivity contribution is -0.114. The van der Waals surface area contributed by atoms with Gasteiger partial charge < -0.3 is 5.32 Å². The van der Waals surface area contributed by atoms with Crippen LogP contribution in [0.5, 0.6) is 0 Å². The van der Waals surface area contributed by atoms with Gasteiger partial charge in [0.15, 0.2) is 0 Å². The van der Waals surface area contributed by atoms with Gasteiger partial charge in [0.1, 0.15) is 12.4 Å². The molecule has 5 nitrogen and oxygen atoms in total. The highest BCUT2D eigenvalue weighted by Crippen LogP contribution is 2.30. The highest BCUT2D eigenvalue weighted by Gasteiger charge is 2.28. The summed E-state index contributed by atoms with van der Waals surface area (Å²) in [5, 5.41) is 2.78. The number of sulfonamides is 1. The zero-order valence-corrected chi connectivity index (χ0v) is 17.0. The number of nitrogens with one attached hydrogen (secondary N) is 1. The summed E-state index contributed by atoms with van der Waals surface area (Å²) in [6.45, 7) is 1.12. The highest BCUT2D eigenvalue weighted by molar-refractivity contribution is 7.92. The van der Waals surface area contributed by atoms with Crippen molar-refractivity contribution in [3.63, 3.8) is 0 Å². The Morgan fingerprint density at radius 3 is 2.34 bits per heavy atom. The Bertz CT molecular complexity index is 1140. The van der Waals surface area contributed by atoms with Crippen LogP contribution < -0.4 is 9.62 Å². The highest BCUT2D eigenvalue weighted by atomic mass is 35.5. The summed E-state index contributed by atoms with van der Waals surface area (Å²) in [4.78, 5) is 12.6. The van der Waals surface area contributed by atoms with E-state index >= 15 is 0 Å². The zero-order valence-electron chi connectivity index (χ0n) is 15.5. The van der Waals surface area contributed by atoms with Crippen LogP contribution in [0.3, 0.4) is 0 Å². The molecule has 8 heteroatoms. The summed E-state index contributed by atoms with van der Waals surface area (Å²) < 4.78 is 41.4. The lowest BCUT2D eigenvalue weighted by Gasteiger charge is -2.26. The summed E-state index contributed by atoms with van der Waals surface area (Å²) in [5.74, 6) is -1.30. The van der Waals surface area contributed by atoms with Crippen LogP contribution >= 0.6 is 11.6 Å². The van der Waals surface area contributed by atoms with Crippen molar-refractivity contribution in [1.82, 2.24) is 0 Å². The van der Waals surface area contributed by atoms with Crippen molar-refractivity contribution in [1.29, 1.82) is 0 Å². The van der Waals surface area contributed by atoms with Gasteiger partial charge >= 0.3 is 0 Å². The first-order valence-corrected chi connectivity index (χ1v) is 10.5. The molecule has 0 unspecified atom stereocenters. The Morgan fingerprint density at radius 1 is 1.00 bits per heavy atom. The number of carbonyl (C=O) groups excluding carboxylic acids is 1. The molecule has 150 valence electrons. The fraction of sp³-hybridized carbons (Fsp3) is 0.0952. The Morgan fingerprint density at radius 2 is 1.66 bits per heavy atom. The van der Waals surface area contributed by atoms with E-state index in [0.29, 0.717) is 10.6 Å². The van der Waals surface area contributed by atoms with E-state index in [-0.39, 0.29) is 16.3 Å². The van der Waals surface area contributed by atoms with Gasteiger partial charge in [0.25, 0.3) is 10.0 Å². The normalized spacial score (nSPS) is 11.1. The molecule has 0 aliphatic carbocycles. The minimum absolute atomic E-state index is 0.0260. The number of anilines is 2. The molecule has 0 atom stereocenters. The van der Waals surface area contributed by atoms with E-state index in [0.717, 1.165) is 4.31 Å². The van der Waals surface area contributed by atoms with Gasteiger partial charge in [-0.1, -0.05) is 48.0 Å². The van der Waals surface area contributed by atoms with Crippen LogP contribution in [0.1, 0.15) is 5.56 Å². The van der Waals surface area contributed by atoms with Crippen LogP contribution in [0.15, 0.2) is 77.7 Å². The fourth-order valence-corrected chi connectivity index (χ4v) is 4.44. The molecule has 0 radical (unpaired) electrons. The molecule has 0 aliphatic heterocycles. The third-order valence-electron chi connectivity index (χ3n) is 4.27. The maximum atomic E-state index is 13.9. The number of carbonyl (C=O) groups is 1. The molecule has 0 fully saturated rings. The molecule has 0 bridgehead atoms. The third-order valence-corrected chi connectivity index (χ3v) is 6.46. The van der Waals surface area contributed by atoms with Crippen LogP contribution in [0.4, 0.5) is 15.8 Å². The predicted octanol–water partition coefficient (Wildman–Crippen LogP) is 4.62. The summed E-state index contributed by atoms with van der Waals surface area (Å²) in [7, 11) is -4.07. The van der Waals surface area contributed by atoms with E-state index in [4.69, 9.17) is 11.6 Å². The van der Waals surface area contributed by atoms with Crippen LogP contribution in [-0.4, -0.2) is 20.9 Å². The van der Waals surface area contributed by atoms with Gasteiger partial charge in [-0.15, -0.1) is 0 Å². The number of hydrogen-bond acceptors (Lipinski definition) is 3. The van der Waals surface area contributed by atoms with Crippen LogP contribution in [-0.2, 0) is 14.8 Å². The number of nitrogens with zero attached hydrogens (tertiary/aromatic N) is 1. The van der Waals surface area contributed by atoms with Gasteiger partial charge in [-0.25, -0.2) is 12.8 Å². The summed E-state index contributed by atoms with van der Waals surface area (Å²) in [6, 6.07) is 18.2. The third kappa shape index (κ3) is 4.58. The van der Waals surface area contributed by atoms with Crippen molar-refractivity contribution in [2.24, 2.45) is 0 Å². The first-order chi connectivity index (χ1) is 13.8. The molecule has 1 amide bonds.